The molecule has 0 radical (unpaired) electrons. The maximum Gasteiger partial charge on any atom is 0.244 e. The van der Waals surface area contributed by atoms with Crippen LogP contribution in [0.25, 0.3) is 0 Å². The molecule has 1 atom stereocenters. The van der Waals surface area contributed by atoms with Crippen LogP contribution in [-0.4, -0.2) is 50.5 Å². The minimum absolute atomic E-state index is 0.167. The van der Waals surface area contributed by atoms with Crippen molar-refractivity contribution in [3.63, 3.8) is 0 Å². The van der Waals surface area contributed by atoms with Gasteiger partial charge in [0.1, 0.15) is 12.6 Å². The summed E-state index contributed by atoms with van der Waals surface area (Å²) in [5, 5.41) is 2.94. The maximum atomic E-state index is 14.0. The zero-order valence-corrected chi connectivity index (χ0v) is 24.0. The number of benzene rings is 3. The van der Waals surface area contributed by atoms with Crippen LogP contribution in [0, 0.1) is 0 Å². The molecule has 0 fully saturated rings. The summed E-state index contributed by atoms with van der Waals surface area (Å²) in [4.78, 5) is 29.0. The third-order valence-electron chi connectivity index (χ3n) is 6.54. The van der Waals surface area contributed by atoms with E-state index in [0.717, 1.165) is 33.7 Å². The van der Waals surface area contributed by atoms with Gasteiger partial charge in [-0.1, -0.05) is 93.6 Å². The van der Waals surface area contributed by atoms with E-state index in [4.69, 9.17) is 0 Å². The monoisotopic (exact) mass is 549 g/mol. The Morgan fingerprint density at radius 1 is 0.846 bits per heavy atom. The van der Waals surface area contributed by atoms with E-state index in [2.05, 4.69) is 19.2 Å². The zero-order valence-electron chi connectivity index (χ0n) is 23.2. The lowest BCUT2D eigenvalue weighted by molar-refractivity contribution is -0.140. The predicted octanol–water partition coefficient (Wildman–Crippen LogP) is 4.74. The number of hydrogen-bond donors (Lipinski definition) is 1. The van der Waals surface area contributed by atoms with Gasteiger partial charge in [0.15, 0.2) is 0 Å². The summed E-state index contributed by atoms with van der Waals surface area (Å²) in [6.45, 7) is 6.32. The summed E-state index contributed by atoms with van der Waals surface area (Å²) in [7, 11) is -3.79. The van der Waals surface area contributed by atoms with Crippen molar-refractivity contribution >= 4 is 27.5 Å². The second-order valence-corrected chi connectivity index (χ2v) is 11.9. The van der Waals surface area contributed by atoms with Crippen LogP contribution in [0.15, 0.2) is 84.9 Å². The molecule has 208 valence electrons. The highest BCUT2D eigenvalue weighted by Gasteiger charge is 2.32. The first kappa shape index (κ1) is 29.9. The molecular formula is C31H39N3O4S. The van der Waals surface area contributed by atoms with Crippen LogP contribution in [-0.2, 0) is 32.6 Å². The summed E-state index contributed by atoms with van der Waals surface area (Å²) in [6, 6.07) is 25.3. The Bertz CT molecular complexity index is 1310. The molecule has 1 N–H and O–H groups in total. The molecule has 3 aromatic rings. The molecular weight excluding hydrogens is 510 g/mol. The zero-order chi connectivity index (χ0) is 28.4. The lowest BCUT2D eigenvalue weighted by Crippen LogP contribution is -2.53. The molecule has 0 aliphatic carbocycles. The van der Waals surface area contributed by atoms with Crippen molar-refractivity contribution in [3.05, 3.63) is 102 Å². The molecule has 0 spiro atoms. The van der Waals surface area contributed by atoms with E-state index in [-0.39, 0.29) is 18.4 Å². The van der Waals surface area contributed by atoms with Gasteiger partial charge in [-0.2, -0.15) is 0 Å². The SMILES string of the molecule is CCCNC(=O)[C@@H](Cc1ccccc1)N(Cc1ccccc1)C(=O)CN(c1ccc(C(C)C)cc1)S(C)(=O)=O. The van der Waals surface area contributed by atoms with Gasteiger partial charge >= 0.3 is 0 Å². The second-order valence-electron chi connectivity index (χ2n) is 10.0. The maximum absolute atomic E-state index is 14.0. The van der Waals surface area contributed by atoms with Gasteiger partial charge in [0.25, 0.3) is 0 Å². The van der Waals surface area contributed by atoms with Crippen molar-refractivity contribution in [2.24, 2.45) is 0 Å². The number of carbonyl (C=O) groups is 2. The molecule has 0 unspecified atom stereocenters. The lowest BCUT2D eigenvalue weighted by atomic mass is 10.0. The number of anilines is 1. The highest BCUT2D eigenvalue weighted by atomic mass is 32.2. The summed E-state index contributed by atoms with van der Waals surface area (Å²) in [6.07, 6.45) is 2.15. The quantitative estimate of drug-likeness (QED) is 0.334. The van der Waals surface area contributed by atoms with Crippen molar-refractivity contribution in [2.45, 2.75) is 52.1 Å². The number of sulfonamides is 1. The van der Waals surface area contributed by atoms with E-state index in [1.165, 1.54) is 4.90 Å². The molecule has 0 bridgehead atoms. The van der Waals surface area contributed by atoms with Crippen molar-refractivity contribution in [3.8, 4) is 0 Å². The van der Waals surface area contributed by atoms with Gasteiger partial charge in [0, 0.05) is 19.5 Å². The van der Waals surface area contributed by atoms with E-state index in [1.54, 1.807) is 12.1 Å². The second kappa shape index (κ2) is 13.9. The Labute approximate surface area is 232 Å². The van der Waals surface area contributed by atoms with Crippen LogP contribution in [0.1, 0.15) is 49.8 Å². The molecule has 0 heterocycles. The van der Waals surface area contributed by atoms with Crippen LogP contribution in [0.5, 0.6) is 0 Å². The Kier molecular flexibility index (Phi) is 10.7. The molecule has 2 amide bonds. The van der Waals surface area contributed by atoms with E-state index in [0.29, 0.717) is 18.7 Å². The summed E-state index contributed by atoms with van der Waals surface area (Å²) in [5.74, 6) is -0.434. The molecule has 0 saturated carbocycles. The molecule has 0 aliphatic heterocycles. The Morgan fingerprint density at radius 2 is 1.41 bits per heavy atom. The van der Waals surface area contributed by atoms with Crippen molar-refractivity contribution < 1.29 is 18.0 Å². The Morgan fingerprint density at radius 3 is 1.92 bits per heavy atom. The Hall–Kier alpha value is -3.65. The molecule has 3 rings (SSSR count). The average Bonchev–Trinajstić information content (AvgIpc) is 2.92. The van der Waals surface area contributed by atoms with E-state index >= 15 is 0 Å². The van der Waals surface area contributed by atoms with E-state index in [9.17, 15) is 18.0 Å². The van der Waals surface area contributed by atoms with Crippen LogP contribution in [0.3, 0.4) is 0 Å². The molecule has 7 nitrogen and oxygen atoms in total. The van der Waals surface area contributed by atoms with Crippen molar-refractivity contribution in [1.29, 1.82) is 0 Å². The highest BCUT2D eigenvalue weighted by molar-refractivity contribution is 7.92. The molecule has 0 saturated heterocycles. The van der Waals surface area contributed by atoms with Gasteiger partial charge in [-0.3, -0.25) is 13.9 Å². The third kappa shape index (κ3) is 8.68. The number of nitrogens with one attached hydrogen (secondary N) is 1. The molecule has 3 aromatic carbocycles. The van der Waals surface area contributed by atoms with Crippen LogP contribution in [0.4, 0.5) is 5.69 Å². The normalized spacial score (nSPS) is 12.1. The van der Waals surface area contributed by atoms with Crippen LogP contribution < -0.4 is 9.62 Å². The predicted molar refractivity (Wildman–Crippen MR) is 157 cm³/mol. The number of hydrogen-bond acceptors (Lipinski definition) is 4. The first-order chi connectivity index (χ1) is 18.6. The number of nitrogens with zero attached hydrogens (tertiary/aromatic N) is 2. The standard InChI is InChI=1S/C31H39N3O4S/c1-5-20-32-31(36)29(21-25-12-8-6-9-13-25)33(22-26-14-10-7-11-15-26)30(35)23-34(39(4,37)38)28-18-16-27(17-19-28)24(2)3/h6-19,24,29H,5,20-23H2,1-4H3,(H,32,36)/t29-/m1/s1. The molecule has 39 heavy (non-hydrogen) atoms. The lowest BCUT2D eigenvalue weighted by Gasteiger charge is -2.33. The third-order valence-corrected chi connectivity index (χ3v) is 7.68. The fourth-order valence-corrected chi connectivity index (χ4v) is 5.19. The minimum atomic E-state index is -3.79. The first-order valence-electron chi connectivity index (χ1n) is 13.3. The average molecular weight is 550 g/mol. The van der Waals surface area contributed by atoms with Crippen LogP contribution in [0.2, 0.25) is 0 Å². The van der Waals surface area contributed by atoms with Gasteiger partial charge in [0.2, 0.25) is 21.8 Å². The highest BCUT2D eigenvalue weighted by Crippen LogP contribution is 2.23. The molecule has 0 aromatic heterocycles. The van der Waals surface area contributed by atoms with Gasteiger partial charge in [0.05, 0.1) is 11.9 Å². The number of carbonyl (C=O) groups excluding carboxylic acids is 2. The van der Waals surface area contributed by atoms with Crippen molar-refractivity contribution in [2.75, 3.05) is 23.7 Å². The van der Waals surface area contributed by atoms with Gasteiger partial charge in [-0.05, 0) is 41.2 Å². The van der Waals surface area contributed by atoms with Crippen molar-refractivity contribution in [1.82, 2.24) is 10.2 Å². The Balaban J connectivity index is 2.00. The molecule has 0 aliphatic rings. The topological polar surface area (TPSA) is 86.8 Å². The first-order valence-corrected chi connectivity index (χ1v) is 15.2. The largest absolute Gasteiger partial charge is 0.354 e. The fourth-order valence-electron chi connectivity index (χ4n) is 4.34. The fraction of sp³-hybridized carbons (Fsp3) is 0.355. The van der Waals surface area contributed by atoms with E-state index < -0.39 is 28.5 Å². The summed E-state index contributed by atoms with van der Waals surface area (Å²) in [5.41, 5.74) is 3.23. The van der Waals surface area contributed by atoms with Gasteiger partial charge in [-0.25, -0.2) is 8.42 Å². The van der Waals surface area contributed by atoms with Crippen LogP contribution >= 0.6 is 0 Å². The molecule has 8 heteroatoms. The summed E-state index contributed by atoms with van der Waals surface area (Å²) >= 11 is 0. The number of amides is 2. The smallest absolute Gasteiger partial charge is 0.244 e. The minimum Gasteiger partial charge on any atom is -0.354 e. The van der Waals surface area contributed by atoms with Gasteiger partial charge in [-0.15, -0.1) is 0 Å². The van der Waals surface area contributed by atoms with E-state index in [1.807, 2.05) is 79.7 Å². The summed E-state index contributed by atoms with van der Waals surface area (Å²) < 4.78 is 26.9. The number of rotatable bonds is 13. The van der Waals surface area contributed by atoms with Gasteiger partial charge < -0.3 is 10.2 Å².